The van der Waals surface area contributed by atoms with E-state index in [1.54, 1.807) is 36.6 Å². The number of rotatable bonds is 6. The summed E-state index contributed by atoms with van der Waals surface area (Å²) in [6, 6.07) is 11.2. The van der Waals surface area contributed by atoms with Gasteiger partial charge in [0.2, 0.25) is 0 Å². The maximum absolute atomic E-state index is 12.8. The van der Waals surface area contributed by atoms with E-state index in [0.29, 0.717) is 27.5 Å². The van der Waals surface area contributed by atoms with Crippen LogP contribution in [0.4, 0.5) is 18.3 Å². The predicted molar refractivity (Wildman–Crippen MR) is 107 cm³/mol. The molecule has 1 amide bonds. The number of aromatic nitrogens is 1. The van der Waals surface area contributed by atoms with Gasteiger partial charge >= 0.3 is 12.1 Å². The number of carbonyl (C=O) groups excluding carboxylic acids is 2. The second-order valence-electron chi connectivity index (χ2n) is 6.20. The van der Waals surface area contributed by atoms with Gasteiger partial charge in [-0.2, -0.15) is 13.2 Å². The van der Waals surface area contributed by atoms with Crippen LogP contribution < -0.4 is 5.32 Å². The van der Waals surface area contributed by atoms with Gasteiger partial charge in [0.25, 0.3) is 5.91 Å². The number of nitrogens with one attached hydrogen (secondary N) is 1. The Labute approximate surface area is 174 Å². The van der Waals surface area contributed by atoms with Gasteiger partial charge in [0.15, 0.2) is 5.13 Å². The molecule has 0 radical (unpaired) electrons. The van der Waals surface area contributed by atoms with E-state index in [9.17, 15) is 22.8 Å². The molecular formula is C21H17F3N2O3S. The Morgan fingerprint density at radius 3 is 2.47 bits per heavy atom. The fourth-order valence-electron chi connectivity index (χ4n) is 2.74. The maximum Gasteiger partial charge on any atom is 0.416 e. The molecule has 3 rings (SSSR count). The fourth-order valence-corrected chi connectivity index (χ4v) is 3.45. The Morgan fingerprint density at radius 2 is 1.80 bits per heavy atom. The molecule has 0 aliphatic carbocycles. The molecule has 0 atom stereocenters. The molecule has 0 saturated carbocycles. The van der Waals surface area contributed by atoms with E-state index in [1.165, 1.54) is 12.1 Å². The third kappa shape index (κ3) is 5.24. The molecule has 1 aromatic heterocycles. The van der Waals surface area contributed by atoms with Gasteiger partial charge in [0, 0.05) is 10.9 Å². The highest BCUT2D eigenvalue weighted by Gasteiger charge is 2.30. The number of amides is 1. The minimum absolute atomic E-state index is 0.00233. The molecule has 0 saturated heterocycles. The van der Waals surface area contributed by atoms with E-state index in [0.717, 1.165) is 23.5 Å². The Kier molecular flexibility index (Phi) is 6.51. The number of alkyl halides is 3. The van der Waals surface area contributed by atoms with Crippen molar-refractivity contribution in [1.29, 1.82) is 0 Å². The number of thiazole rings is 1. The minimum atomic E-state index is -4.43. The van der Waals surface area contributed by atoms with Crippen molar-refractivity contribution >= 4 is 28.3 Å². The summed E-state index contributed by atoms with van der Waals surface area (Å²) in [5.74, 6) is -0.865. The van der Waals surface area contributed by atoms with E-state index in [-0.39, 0.29) is 13.0 Å². The Hall–Kier alpha value is -3.20. The lowest BCUT2D eigenvalue weighted by Gasteiger charge is -2.11. The summed E-state index contributed by atoms with van der Waals surface area (Å²) < 4.78 is 43.3. The van der Waals surface area contributed by atoms with Crippen LogP contribution in [0.15, 0.2) is 53.9 Å². The molecule has 0 aliphatic rings. The topological polar surface area (TPSA) is 68.3 Å². The zero-order valence-electron chi connectivity index (χ0n) is 15.8. The van der Waals surface area contributed by atoms with Crippen molar-refractivity contribution in [1.82, 2.24) is 4.98 Å². The van der Waals surface area contributed by atoms with E-state index >= 15 is 0 Å². The van der Waals surface area contributed by atoms with Gasteiger partial charge in [0.05, 0.1) is 24.3 Å². The van der Waals surface area contributed by atoms with Crippen molar-refractivity contribution in [3.05, 3.63) is 70.7 Å². The highest BCUT2D eigenvalue weighted by molar-refractivity contribution is 7.14. The first-order valence-electron chi connectivity index (χ1n) is 8.96. The standard InChI is InChI=1S/C21H17F3N2O3S/c1-2-29-18(27)11-15-12-30-20(25-15)26-19(28)17-6-4-3-5-16(17)13-7-9-14(10-8-13)21(22,23)24/h3-10,12H,2,11H2,1H3,(H,25,26,28). The average Bonchev–Trinajstić information content (AvgIpc) is 3.14. The van der Waals surface area contributed by atoms with E-state index in [1.807, 2.05) is 0 Å². The second-order valence-corrected chi connectivity index (χ2v) is 7.06. The van der Waals surface area contributed by atoms with Crippen LogP contribution in [0.25, 0.3) is 11.1 Å². The number of anilines is 1. The van der Waals surface area contributed by atoms with Crippen LogP contribution in [-0.2, 0) is 22.1 Å². The maximum atomic E-state index is 12.8. The number of ether oxygens (including phenoxy) is 1. The SMILES string of the molecule is CCOC(=O)Cc1csc(NC(=O)c2ccccc2-c2ccc(C(F)(F)F)cc2)n1. The normalized spacial score (nSPS) is 11.2. The first-order valence-corrected chi connectivity index (χ1v) is 9.84. The number of halogens is 3. The first kappa shape index (κ1) is 21.5. The summed E-state index contributed by atoms with van der Waals surface area (Å²) in [7, 11) is 0. The van der Waals surface area contributed by atoms with Crippen LogP contribution in [0.3, 0.4) is 0 Å². The van der Waals surface area contributed by atoms with Crippen LogP contribution in [0, 0.1) is 0 Å². The van der Waals surface area contributed by atoms with Crippen molar-refractivity contribution in [3.8, 4) is 11.1 Å². The molecule has 5 nitrogen and oxygen atoms in total. The molecule has 2 aromatic carbocycles. The smallest absolute Gasteiger partial charge is 0.416 e. The molecule has 0 aliphatic heterocycles. The lowest BCUT2D eigenvalue weighted by atomic mass is 9.98. The summed E-state index contributed by atoms with van der Waals surface area (Å²) in [5, 5.41) is 4.62. The Bertz CT molecular complexity index is 1050. The highest BCUT2D eigenvalue weighted by atomic mass is 32.1. The Balaban J connectivity index is 1.78. The van der Waals surface area contributed by atoms with E-state index in [4.69, 9.17) is 4.74 Å². The number of benzene rings is 2. The summed E-state index contributed by atoms with van der Waals surface area (Å²) >= 11 is 1.16. The Morgan fingerprint density at radius 1 is 1.10 bits per heavy atom. The molecule has 0 bridgehead atoms. The molecule has 0 fully saturated rings. The van der Waals surface area contributed by atoms with Gasteiger partial charge in [-0.15, -0.1) is 11.3 Å². The van der Waals surface area contributed by atoms with Crippen LogP contribution in [0.5, 0.6) is 0 Å². The molecule has 3 aromatic rings. The number of nitrogens with zero attached hydrogens (tertiary/aromatic N) is 1. The molecule has 9 heteroatoms. The quantitative estimate of drug-likeness (QED) is 0.543. The number of carbonyl (C=O) groups is 2. The monoisotopic (exact) mass is 434 g/mol. The summed E-state index contributed by atoms with van der Waals surface area (Å²) in [4.78, 5) is 28.5. The zero-order valence-corrected chi connectivity index (χ0v) is 16.6. The van der Waals surface area contributed by atoms with Crippen LogP contribution in [0.2, 0.25) is 0 Å². The van der Waals surface area contributed by atoms with Gasteiger partial charge in [-0.3, -0.25) is 14.9 Å². The fraction of sp³-hybridized carbons (Fsp3) is 0.190. The molecule has 1 N–H and O–H groups in total. The molecule has 30 heavy (non-hydrogen) atoms. The minimum Gasteiger partial charge on any atom is -0.466 e. The van der Waals surface area contributed by atoms with Crippen LogP contribution in [-0.4, -0.2) is 23.5 Å². The summed E-state index contributed by atoms with van der Waals surface area (Å²) in [6.07, 6.45) is -4.43. The molecule has 0 spiro atoms. The van der Waals surface area contributed by atoms with Crippen molar-refractivity contribution in [2.45, 2.75) is 19.5 Å². The summed E-state index contributed by atoms with van der Waals surface area (Å²) in [6.45, 7) is 1.98. The van der Waals surface area contributed by atoms with E-state index < -0.39 is 23.6 Å². The van der Waals surface area contributed by atoms with Crippen molar-refractivity contribution in [2.24, 2.45) is 0 Å². The van der Waals surface area contributed by atoms with E-state index in [2.05, 4.69) is 10.3 Å². The molecular weight excluding hydrogens is 417 g/mol. The van der Waals surface area contributed by atoms with Crippen molar-refractivity contribution < 1.29 is 27.5 Å². The van der Waals surface area contributed by atoms with Gasteiger partial charge in [-0.25, -0.2) is 4.98 Å². The third-order valence-electron chi connectivity index (χ3n) is 4.10. The molecule has 156 valence electrons. The lowest BCUT2D eigenvalue weighted by molar-refractivity contribution is -0.142. The van der Waals surface area contributed by atoms with Gasteiger partial charge in [-0.1, -0.05) is 30.3 Å². The number of hydrogen-bond acceptors (Lipinski definition) is 5. The second kappa shape index (κ2) is 9.08. The van der Waals surface area contributed by atoms with Gasteiger partial charge in [0.1, 0.15) is 0 Å². The number of hydrogen-bond donors (Lipinski definition) is 1. The predicted octanol–water partition coefficient (Wildman–Crippen LogP) is 5.19. The molecule has 0 unspecified atom stereocenters. The summed E-state index contributed by atoms with van der Waals surface area (Å²) in [5.41, 5.74) is 0.984. The average molecular weight is 434 g/mol. The van der Waals surface area contributed by atoms with Crippen molar-refractivity contribution in [3.63, 3.8) is 0 Å². The largest absolute Gasteiger partial charge is 0.466 e. The van der Waals surface area contributed by atoms with Crippen LogP contribution in [0.1, 0.15) is 28.5 Å². The van der Waals surface area contributed by atoms with Gasteiger partial charge < -0.3 is 4.74 Å². The van der Waals surface area contributed by atoms with Crippen molar-refractivity contribution in [2.75, 3.05) is 11.9 Å². The highest BCUT2D eigenvalue weighted by Crippen LogP contribution is 2.32. The molecule has 1 heterocycles. The third-order valence-corrected chi connectivity index (χ3v) is 4.90. The van der Waals surface area contributed by atoms with Gasteiger partial charge in [-0.05, 0) is 36.2 Å². The zero-order chi connectivity index (χ0) is 21.7. The lowest BCUT2D eigenvalue weighted by Crippen LogP contribution is -2.13. The number of esters is 1. The van der Waals surface area contributed by atoms with Crippen LogP contribution >= 0.6 is 11.3 Å². The first-order chi connectivity index (χ1) is 14.3.